The van der Waals surface area contributed by atoms with Crippen molar-refractivity contribution in [1.29, 1.82) is 0 Å². The van der Waals surface area contributed by atoms with Crippen LogP contribution in [0.15, 0.2) is 48.5 Å². The van der Waals surface area contributed by atoms with Crippen LogP contribution in [0.25, 0.3) is 0 Å². The fourth-order valence-corrected chi connectivity index (χ4v) is 3.40. The Labute approximate surface area is 153 Å². The van der Waals surface area contributed by atoms with Gasteiger partial charge in [-0.2, -0.15) is 0 Å². The number of carbonyl (C=O) groups excluding carboxylic acids is 1. The van der Waals surface area contributed by atoms with Crippen molar-refractivity contribution in [3.63, 3.8) is 0 Å². The van der Waals surface area contributed by atoms with Gasteiger partial charge < -0.3 is 15.2 Å². The largest absolute Gasteiger partial charge is 0.481 e. The topological polar surface area (TPSA) is 75.6 Å². The highest BCUT2D eigenvalue weighted by Crippen LogP contribution is 2.31. The van der Waals surface area contributed by atoms with E-state index >= 15 is 0 Å². The lowest BCUT2D eigenvalue weighted by atomic mass is 9.78. The Bertz CT molecular complexity index is 785. The molecular weight excluding hydrogens is 330 g/mol. The smallest absolute Gasteiger partial charge is 0.307 e. The maximum absolute atomic E-state index is 12.5. The summed E-state index contributed by atoms with van der Waals surface area (Å²) in [5.41, 5.74) is 1.76. The van der Waals surface area contributed by atoms with Crippen molar-refractivity contribution in [2.75, 3.05) is 5.32 Å². The third kappa shape index (κ3) is 4.42. The molecule has 0 spiro atoms. The Balaban J connectivity index is 1.63. The number of anilines is 1. The second-order valence-corrected chi connectivity index (χ2v) is 6.77. The number of rotatable bonds is 5. The highest BCUT2D eigenvalue weighted by molar-refractivity contribution is 5.95. The van der Waals surface area contributed by atoms with Crippen molar-refractivity contribution in [1.82, 2.24) is 0 Å². The van der Waals surface area contributed by atoms with Crippen molar-refractivity contribution < 1.29 is 19.4 Å². The Kier molecular flexibility index (Phi) is 5.56. The van der Waals surface area contributed by atoms with Gasteiger partial charge in [-0.15, -0.1) is 0 Å². The average molecular weight is 353 g/mol. The van der Waals surface area contributed by atoms with Crippen LogP contribution in [0.3, 0.4) is 0 Å². The number of carboxylic acid groups (broad SMARTS) is 1. The maximum atomic E-state index is 12.5. The first-order valence-corrected chi connectivity index (χ1v) is 8.91. The molecule has 26 heavy (non-hydrogen) atoms. The van der Waals surface area contributed by atoms with Gasteiger partial charge in [0.25, 0.3) is 0 Å². The van der Waals surface area contributed by atoms with Crippen molar-refractivity contribution in [2.45, 2.75) is 32.6 Å². The van der Waals surface area contributed by atoms with E-state index in [-0.39, 0.29) is 5.91 Å². The Morgan fingerprint density at radius 2 is 1.69 bits per heavy atom. The summed E-state index contributed by atoms with van der Waals surface area (Å²) in [6, 6.07) is 14.9. The minimum atomic E-state index is -0.883. The van der Waals surface area contributed by atoms with Crippen LogP contribution in [0.4, 0.5) is 5.69 Å². The molecule has 0 unspecified atom stereocenters. The summed E-state index contributed by atoms with van der Waals surface area (Å²) in [7, 11) is 0. The van der Waals surface area contributed by atoms with Gasteiger partial charge in [0.2, 0.25) is 5.91 Å². The minimum Gasteiger partial charge on any atom is -0.481 e. The molecule has 1 fully saturated rings. The second kappa shape index (κ2) is 8.04. The molecule has 1 saturated carbocycles. The van der Waals surface area contributed by atoms with Gasteiger partial charge >= 0.3 is 5.97 Å². The molecular formula is C21H23NO4. The number of carbonyl (C=O) groups is 2. The van der Waals surface area contributed by atoms with Crippen LogP contribution in [0.1, 0.15) is 31.2 Å². The monoisotopic (exact) mass is 353 g/mol. The minimum absolute atomic E-state index is 0.218. The van der Waals surface area contributed by atoms with Gasteiger partial charge in [0, 0.05) is 5.69 Å². The van der Waals surface area contributed by atoms with E-state index in [0.29, 0.717) is 24.3 Å². The number of hydrogen-bond acceptors (Lipinski definition) is 3. The molecule has 3 rings (SSSR count). The second-order valence-electron chi connectivity index (χ2n) is 6.77. The quantitative estimate of drug-likeness (QED) is 0.822. The summed E-state index contributed by atoms with van der Waals surface area (Å²) in [6.07, 6.45) is 2.95. The standard InChI is InChI=1S/C21H23NO4/c1-14-5-4-6-17(13-14)26-16-11-9-15(10-12-16)22-20(23)18-7-2-3-8-19(18)21(24)25/h4-6,9-13,18-19H,2-3,7-8H2,1H3,(H,22,23)(H,24,25)/t18-,19-/m1/s1. The van der Waals surface area contributed by atoms with Crippen LogP contribution >= 0.6 is 0 Å². The lowest BCUT2D eigenvalue weighted by Crippen LogP contribution is -2.36. The number of ether oxygens (including phenoxy) is 1. The number of nitrogens with one attached hydrogen (secondary N) is 1. The molecule has 0 aliphatic heterocycles. The van der Waals surface area contributed by atoms with Gasteiger partial charge in [0.15, 0.2) is 0 Å². The number of amides is 1. The van der Waals surface area contributed by atoms with Crippen LogP contribution < -0.4 is 10.1 Å². The number of carboxylic acids is 1. The van der Waals surface area contributed by atoms with Crippen LogP contribution in [-0.4, -0.2) is 17.0 Å². The number of benzene rings is 2. The normalized spacial score (nSPS) is 19.6. The molecule has 0 aromatic heterocycles. The van der Waals surface area contributed by atoms with E-state index in [2.05, 4.69) is 5.32 Å². The zero-order valence-electron chi connectivity index (χ0n) is 14.8. The molecule has 0 heterocycles. The van der Waals surface area contributed by atoms with E-state index in [4.69, 9.17) is 4.74 Å². The first-order valence-electron chi connectivity index (χ1n) is 8.91. The van der Waals surface area contributed by atoms with Gasteiger partial charge in [0.05, 0.1) is 11.8 Å². The molecule has 2 N–H and O–H groups in total. The van der Waals surface area contributed by atoms with Crippen LogP contribution in [0.5, 0.6) is 11.5 Å². The van der Waals surface area contributed by atoms with E-state index in [1.54, 1.807) is 24.3 Å². The first-order chi connectivity index (χ1) is 12.5. The fraction of sp³-hybridized carbons (Fsp3) is 0.333. The molecule has 2 aromatic carbocycles. The molecule has 0 radical (unpaired) electrons. The molecule has 0 saturated heterocycles. The van der Waals surface area contributed by atoms with Gasteiger partial charge in [-0.1, -0.05) is 25.0 Å². The van der Waals surface area contributed by atoms with E-state index in [0.717, 1.165) is 24.2 Å². The van der Waals surface area contributed by atoms with Crippen LogP contribution in [-0.2, 0) is 9.59 Å². The van der Waals surface area contributed by atoms with Crippen molar-refractivity contribution in [3.8, 4) is 11.5 Å². The maximum Gasteiger partial charge on any atom is 0.307 e. The van der Waals surface area contributed by atoms with Gasteiger partial charge in [0.1, 0.15) is 11.5 Å². The Morgan fingerprint density at radius 1 is 1.00 bits per heavy atom. The van der Waals surface area contributed by atoms with E-state index in [1.165, 1.54) is 0 Å². The summed E-state index contributed by atoms with van der Waals surface area (Å²) < 4.78 is 5.79. The van der Waals surface area contributed by atoms with Crippen molar-refractivity contribution >= 4 is 17.6 Å². The summed E-state index contributed by atoms with van der Waals surface area (Å²) in [5, 5.41) is 12.2. The van der Waals surface area contributed by atoms with Crippen LogP contribution in [0, 0.1) is 18.8 Å². The van der Waals surface area contributed by atoms with Crippen molar-refractivity contribution in [2.24, 2.45) is 11.8 Å². The van der Waals surface area contributed by atoms with Crippen LogP contribution in [0.2, 0.25) is 0 Å². The number of aliphatic carboxylic acids is 1. The number of aryl methyl sites for hydroxylation is 1. The third-order valence-electron chi connectivity index (χ3n) is 4.77. The molecule has 0 bridgehead atoms. The van der Waals surface area contributed by atoms with E-state index in [9.17, 15) is 14.7 Å². The molecule has 2 aromatic rings. The zero-order chi connectivity index (χ0) is 18.5. The summed E-state index contributed by atoms with van der Waals surface area (Å²) >= 11 is 0. The fourth-order valence-electron chi connectivity index (χ4n) is 3.40. The summed E-state index contributed by atoms with van der Waals surface area (Å²) in [6.45, 7) is 2.00. The first kappa shape index (κ1) is 18.0. The lowest BCUT2D eigenvalue weighted by Gasteiger charge is -2.27. The lowest BCUT2D eigenvalue weighted by molar-refractivity contribution is -0.147. The molecule has 2 atom stereocenters. The van der Waals surface area contributed by atoms with Gasteiger partial charge in [-0.05, 0) is 61.7 Å². The molecule has 1 aliphatic carbocycles. The Hall–Kier alpha value is -2.82. The molecule has 1 amide bonds. The molecule has 136 valence electrons. The third-order valence-corrected chi connectivity index (χ3v) is 4.77. The number of hydrogen-bond donors (Lipinski definition) is 2. The van der Waals surface area contributed by atoms with Gasteiger partial charge in [-0.25, -0.2) is 0 Å². The zero-order valence-corrected chi connectivity index (χ0v) is 14.8. The average Bonchev–Trinajstić information content (AvgIpc) is 2.63. The predicted octanol–water partition coefficient (Wildman–Crippen LogP) is 4.62. The summed E-state index contributed by atoms with van der Waals surface area (Å²) in [5.74, 6) is -0.726. The predicted molar refractivity (Wildman–Crippen MR) is 99.4 cm³/mol. The Morgan fingerprint density at radius 3 is 2.35 bits per heavy atom. The molecule has 1 aliphatic rings. The van der Waals surface area contributed by atoms with E-state index < -0.39 is 17.8 Å². The SMILES string of the molecule is Cc1cccc(Oc2ccc(NC(=O)[C@@H]3CCCC[C@H]3C(=O)O)cc2)c1. The highest BCUT2D eigenvalue weighted by atomic mass is 16.5. The summed E-state index contributed by atoms with van der Waals surface area (Å²) in [4.78, 5) is 23.9. The van der Waals surface area contributed by atoms with Gasteiger partial charge in [-0.3, -0.25) is 9.59 Å². The van der Waals surface area contributed by atoms with E-state index in [1.807, 2.05) is 31.2 Å². The molecule has 5 nitrogen and oxygen atoms in total. The molecule has 5 heteroatoms. The highest BCUT2D eigenvalue weighted by Gasteiger charge is 2.35. The van der Waals surface area contributed by atoms with Crippen molar-refractivity contribution in [3.05, 3.63) is 54.1 Å².